The molecule has 0 aliphatic heterocycles. The molecule has 0 bridgehead atoms. The van der Waals surface area contributed by atoms with E-state index >= 15 is 0 Å². The summed E-state index contributed by atoms with van der Waals surface area (Å²) in [7, 11) is 1.67. The number of hydrogen-bond donors (Lipinski definition) is 2. The van der Waals surface area contributed by atoms with Crippen molar-refractivity contribution >= 4 is 5.96 Å². The van der Waals surface area contributed by atoms with E-state index < -0.39 is 0 Å². The van der Waals surface area contributed by atoms with Crippen molar-refractivity contribution in [3.8, 4) is 0 Å². The van der Waals surface area contributed by atoms with Crippen molar-refractivity contribution in [2.24, 2.45) is 4.99 Å². The molecule has 0 amide bonds. The average molecular weight is 325 g/mol. The number of halogens is 1. The van der Waals surface area contributed by atoms with Gasteiger partial charge >= 0.3 is 0 Å². The topological polar surface area (TPSA) is 54.9 Å². The van der Waals surface area contributed by atoms with Crippen LogP contribution in [0, 0.1) is 5.82 Å². The predicted molar refractivity (Wildman–Crippen MR) is 91.1 cm³/mol. The molecule has 0 aromatic heterocycles. The number of aliphatic imine (C=N–C) groups is 1. The van der Waals surface area contributed by atoms with E-state index in [1.165, 1.54) is 12.1 Å². The minimum Gasteiger partial charge on any atom is -0.382 e. The summed E-state index contributed by atoms with van der Waals surface area (Å²) >= 11 is 0. The number of nitrogens with one attached hydrogen (secondary N) is 2. The van der Waals surface area contributed by atoms with Crippen LogP contribution in [0.5, 0.6) is 0 Å². The van der Waals surface area contributed by atoms with Gasteiger partial charge in [-0.2, -0.15) is 0 Å². The molecule has 0 radical (unpaired) electrons. The lowest BCUT2D eigenvalue weighted by atomic mass is 10.2. The Hall–Kier alpha value is -1.66. The number of guanidine groups is 1. The third-order valence-corrected chi connectivity index (χ3v) is 3.09. The van der Waals surface area contributed by atoms with E-state index in [4.69, 9.17) is 9.47 Å². The first-order valence-electron chi connectivity index (χ1n) is 8.09. The molecule has 0 fully saturated rings. The van der Waals surface area contributed by atoms with Crippen molar-refractivity contribution in [3.05, 3.63) is 35.6 Å². The van der Waals surface area contributed by atoms with Gasteiger partial charge in [-0.1, -0.05) is 12.1 Å². The van der Waals surface area contributed by atoms with Crippen molar-refractivity contribution in [3.63, 3.8) is 0 Å². The minimum atomic E-state index is -0.232. The van der Waals surface area contributed by atoms with Gasteiger partial charge in [0.25, 0.3) is 0 Å². The van der Waals surface area contributed by atoms with E-state index in [1.807, 2.05) is 13.0 Å². The van der Waals surface area contributed by atoms with E-state index in [1.54, 1.807) is 13.2 Å². The van der Waals surface area contributed by atoms with Gasteiger partial charge in [0.15, 0.2) is 5.96 Å². The molecule has 0 aliphatic rings. The van der Waals surface area contributed by atoms with E-state index in [0.29, 0.717) is 19.8 Å². The zero-order chi connectivity index (χ0) is 16.8. The lowest BCUT2D eigenvalue weighted by molar-refractivity contribution is 0.0689. The Morgan fingerprint density at radius 2 is 2.04 bits per heavy atom. The van der Waals surface area contributed by atoms with Crippen molar-refractivity contribution in [1.82, 2.24) is 10.6 Å². The standard InChI is InChI=1S/C17H28FN3O2/c1-3-19-17(20-9-4-5-10-23-12-11-22-2)21-14-15-7-6-8-16(18)13-15/h6-8,13H,3-5,9-12,14H2,1-2H3,(H2,19,20,21). The molecule has 1 aromatic carbocycles. The molecule has 130 valence electrons. The Balaban J connectivity index is 2.24. The molecule has 23 heavy (non-hydrogen) atoms. The Kier molecular flexibility index (Phi) is 10.8. The molecular weight excluding hydrogens is 297 g/mol. The molecule has 0 aliphatic carbocycles. The molecule has 0 atom stereocenters. The molecule has 0 saturated heterocycles. The van der Waals surface area contributed by atoms with Crippen LogP contribution in [0.2, 0.25) is 0 Å². The molecule has 6 heteroatoms. The number of ether oxygens (including phenoxy) is 2. The van der Waals surface area contributed by atoms with Crippen molar-refractivity contribution < 1.29 is 13.9 Å². The van der Waals surface area contributed by atoms with Crippen LogP contribution < -0.4 is 10.6 Å². The first-order valence-corrected chi connectivity index (χ1v) is 8.09. The summed E-state index contributed by atoms with van der Waals surface area (Å²) in [6, 6.07) is 6.51. The molecule has 2 N–H and O–H groups in total. The monoisotopic (exact) mass is 325 g/mol. The van der Waals surface area contributed by atoms with Crippen LogP contribution in [0.15, 0.2) is 29.3 Å². The van der Waals surface area contributed by atoms with Gasteiger partial charge in [-0.25, -0.2) is 9.38 Å². The van der Waals surface area contributed by atoms with Crippen molar-refractivity contribution in [2.75, 3.05) is 40.0 Å². The smallest absolute Gasteiger partial charge is 0.191 e. The van der Waals surface area contributed by atoms with Gasteiger partial charge in [-0.3, -0.25) is 0 Å². The van der Waals surface area contributed by atoms with Gasteiger partial charge < -0.3 is 20.1 Å². The molecule has 1 aromatic rings. The second-order valence-corrected chi connectivity index (χ2v) is 5.06. The average Bonchev–Trinajstić information content (AvgIpc) is 2.55. The van der Waals surface area contributed by atoms with Gasteiger partial charge in [0.05, 0.1) is 19.8 Å². The molecule has 0 heterocycles. The lowest BCUT2D eigenvalue weighted by Gasteiger charge is -2.11. The third kappa shape index (κ3) is 9.86. The summed E-state index contributed by atoms with van der Waals surface area (Å²) in [5, 5.41) is 6.46. The summed E-state index contributed by atoms with van der Waals surface area (Å²) in [5.41, 5.74) is 0.855. The Bertz CT molecular complexity index is 455. The maximum absolute atomic E-state index is 13.1. The summed E-state index contributed by atoms with van der Waals surface area (Å²) in [6.45, 7) is 6.09. The fourth-order valence-electron chi connectivity index (χ4n) is 1.93. The third-order valence-electron chi connectivity index (χ3n) is 3.09. The van der Waals surface area contributed by atoms with E-state index in [-0.39, 0.29) is 5.82 Å². The minimum absolute atomic E-state index is 0.232. The van der Waals surface area contributed by atoms with E-state index in [2.05, 4.69) is 15.6 Å². The SMILES string of the molecule is CCNC(=NCc1cccc(F)c1)NCCCCOCCOC. The highest BCUT2D eigenvalue weighted by Crippen LogP contribution is 2.04. The number of methoxy groups -OCH3 is 1. The first-order chi connectivity index (χ1) is 11.3. The van der Waals surface area contributed by atoms with Gasteiger partial charge in [0, 0.05) is 26.8 Å². The maximum Gasteiger partial charge on any atom is 0.191 e. The van der Waals surface area contributed by atoms with Crippen LogP contribution in [0.4, 0.5) is 4.39 Å². The summed E-state index contributed by atoms with van der Waals surface area (Å²) in [6.07, 6.45) is 1.98. The molecule has 1 rings (SSSR count). The van der Waals surface area contributed by atoms with Crippen LogP contribution in [0.1, 0.15) is 25.3 Å². The first kappa shape index (κ1) is 19.4. The zero-order valence-corrected chi connectivity index (χ0v) is 14.1. The van der Waals surface area contributed by atoms with Crippen LogP contribution in [-0.2, 0) is 16.0 Å². The highest BCUT2D eigenvalue weighted by molar-refractivity contribution is 5.79. The molecule has 0 spiro atoms. The molecule has 0 saturated carbocycles. The van der Waals surface area contributed by atoms with Crippen molar-refractivity contribution in [2.45, 2.75) is 26.3 Å². The number of rotatable bonds is 11. The fraction of sp³-hybridized carbons (Fsp3) is 0.588. The Morgan fingerprint density at radius 3 is 2.78 bits per heavy atom. The largest absolute Gasteiger partial charge is 0.382 e. The maximum atomic E-state index is 13.1. The predicted octanol–water partition coefficient (Wildman–Crippen LogP) is 2.32. The van der Waals surface area contributed by atoms with Crippen LogP contribution in [0.3, 0.4) is 0 Å². The quantitative estimate of drug-likeness (QED) is 0.372. The Morgan fingerprint density at radius 1 is 1.17 bits per heavy atom. The van der Waals surface area contributed by atoms with E-state index in [9.17, 15) is 4.39 Å². The second kappa shape index (κ2) is 12.8. The summed E-state index contributed by atoms with van der Waals surface area (Å²) < 4.78 is 23.5. The van der Waals surface area contributed by atoms with Gasteiger partial charge in [-0.05, 0) is 37.5 Å². The van der Waals surface area contributed by atoms with Crippen LogP contribution in [-0.4, -0.2) is 46.0 Å². The summed E-state index contributed by atoms with van der Waals surface area (Å²) in [4.78, 5) is 4.46. The zero-order valence-electron chi connectivity index (χ0n) is 14.1. The number of unbranched alkanes of at least 4 members (excludes halogenated alkanes) is 1. The molecule has 5 nitrogen and oxygen atoms in total. The van der Waals surface area contributed by atoms with E-state index in [0.717, 1.165) is 44.1 Å². The highest BCUT2D eigenvalue weighted by Gasteiger charge is 1.98. The number of nitrogens with zero attached hydrogens (tertiary/aromatic N) is 1. The second-order valence-electron chi connectivity index (χ2n) is 5.06. The number of benzene rings is 1. The summed E-state index contributed by atoms with van der Waals surface area (Å²) in [5.74, 6) is 0.515. The van der Waals surface area contributed by atoms with Crippen LogP contribution >= 0.6 is 0 Å². The molecule has 0 unspecified atom stereocenters. The molecular formula is C17H28FN3O2. The Labute approximate surface area is 138 Å². The van der Waals surface area contributed by atoms with Gasteiger partial charge in [0.1, 0.15) is 5.82 Å². The van der Waals surface area contributed by atoms with Gasteiger partial charge in [0.2, 0.25) is 0 Å². The van der Waals surface area contributed by atoms with Gasteiger partial charge in [-0.15, -0.1) is 0 Å². The fourth-order valence-corrected chi connectivity index (χ4v) is 1.93. The number of hydrogen-bond acceptors (Lipinski definition) is 3. The highest BCUT2D eigenvalue weighted by atomic mass is 19.1. The van der Waals surface area contributed by atoms with Crippen molar-refractivity contribution in [1.29, 1.82) is 0 Å². The lowest BCUT2D eigenvalue weighted by Crippen LogP contribution is -2.37. The van der Waals surface area contributed by atoms with Crippen LogP contribution in [0.25, 0.3) is 0 Å². The normalized spacial score (nSPS) is 11.5.